The minimum absolute atomic E-state index is 0.0219. The summed E-state index contributed by atoms with van der Waals surface area (Å²) in [7, 11) is 0. The van der Waals surface area contributed by atoms with Crippen LogP contribution in [-0.4, -0.2) is 64.7 Å². The minimum Gasteiger partial charge on any atom is -0.394 e. The van der Waals surface area contributed by atoms with Crippen LogP contribution in [0.2, 0.25) is 0 Å². The van der Waals surface area contributed by atoms with E-state index in [0.29, 0.717) is 12.5 Å². The van der Waals surface area contributed by atoms with Crippen molar-refractivity contribution < 1.29 is 14.7 Å². The van der Waals surface area contributed by atoms with Gasteiger partial charge in [0.05, 0.1) is 18.7 Å². The summed E-state index contributed by atoms with van der Waals surface area (Å²) in [6, 6.07) is 7.89. The lowest BCUT2D eigenvalue weighted by Gasteiger charge is -2.58. The van der Waals surface area contributed by atoms with Crippen molar-refractivity contribution in [2.75, 3.05) is 19.7 Å². The third-order valence-corrected chi connectivity index (χ3v) is 6.76. The van der Waals surface area contributed by atoms with Crippen LogP contribution in [-0.2, 0) is 4.79 Å². The molecular formula is C25H33N3O3. The summed E-state index contributed by atoms with van der Waals surface area (Å²) >= 11 is 0. The predicted octanol–water partition coefficient (Wildman–Crippen LogP) is 2.71. The molecule has 1 saturated carbocycles. The lowest BCUT2D eigenvalue weighted by molar-refractivity contribution is -0.159. The summed E-state index contributed by atoms with van der Waals surface area (Å²) in [5.41, 5.74) is 2.05. The highest BCUT2D eigenvalue weighted by Gasteiger charge is 2.54. The Bertz CT molecular complexity index is 864. The highest BCUT2D eigenvalue weighted by Crippen LogP contribution is 2.42. The Kier molecular flexibility index (Phi) is 6.52. The van der Waals surface area contributed by atoms with Gasteiger partial charge in [-0.2, -0.15) is 0 Å². The molecule has 31 heavy (non-hydrogen) atoms. The van der Waals surface area contributed by atoms with E-state index in [1.165, 1.54) is 0 Å². The molecule has 3 aliphatic rings. The molecule has 3 amide bonds. The second-order valence-corrected chi connectivity index (χ2v) is 9.48. The largest absolute Gasteiger partial charge is 0.394 e. The van der Waals surface area contributed by atoms with Gasteiger partial charge in [-0.1, -0.05) is 50.7 Å². The van der Waals surface area contributed by atoms with Crippen LogP contribution in [0.3, 0.4) is 0 Å². The monoisotopic (exact) mass is 423 g/mol. The van der Waals surface area contributed by atoms with E-state index in [-0.39, 0.29) is 49.1 Å². The highest BCUT2D eigenvalue weighted by atomic mass is 16.3. The van der Waals surface area contributed by atoms with Gasteiger partial charge in [-0.25, -0.2) is 4.79 Å². The fraction of sp³-hybridized carbons (Fsp3) is 0.600. The van der Waals surface area contributed by atoms with Gasteiger partial charge in [0.15, 0.2) is 0 Å². The van der Waals surface area contributed by atoms with Gasteiger partial charge in [-0.15, -0.1) is 0 Å². The zero-order chi connectivity index (χ0) is 22.0. The number of benzene rings is 1. The van der Waals surface area contributed by atoms with Gasteiger partial charge in [0.1, 0.15) is 6.54 Å². The van der Waals surface area contributed by atoms with E-state index in [9.17, 15) is 14.7 Å². The molecule has 2 aliphatic heterocycles. The van der Waals surface area contributed by atoms with Crippen LogP contribution in [0.15, 0.2) is 24.3 Å². The van der Waals surface area contributed by atoms with Crippen LogP contribution in [0.5, 0.6) is 0 Å². The van der Waals surface area contributed by atoms with Crippen molar-refractivity contribution in [3.8, 4) is 11.8 Å². The number of carbonyl (C=O) groups excluding carboxylic acids is 2. The minimum atomic E-state index is -0.226. The fourth-order valence-electron chi connectivity index (χ4n) is 5.14. The average molecular weight is 424 g/mol. The molecule has 3 atom stereocenters. The van der Waals surface area contributed by atoms with Gasteiger partial charge < -0.3 is 20.2 Å². The van der Waals surface area contributed by atoms with Gasteiger partial charge >= 0.3 is 6.03 Å². The molecule has 0 aromatic heterocycles. The van der Waals surface area contributed by atoms with Crippen molar-refractivity contribution >= 4 is 11.9 Å². The topological polar surface area (TPSA) is 72.9 Å². The highest BCUT2D eigenvalue weighted by molar-refractivity contribution is 5.87. The van der Waals surface area contributed by atoms with Gasteiger partial charge in [0.2, 0.25) is 5.91 Å². The molecule has 2 N–H and O–H groups in total. The molecule has 4 rings (SSSR count). The zero-order valence-electron chi connectivity index (χ0n) is 18.5. The number of urea groups is 1. The Hall–Kier alpha value is -2.52. The second kappa shape index (κ2) is 9.32. The van der Waals surface area contributed by atoms with E-state index in [0.717, 1.165) is 43.2 Å². The van der Waals surface area contributed by atoms with Crippen molar-refractivity contribution in [3.05, 3.63) is 35.4 Å². The van der Waals surface area contributed by atoms with Crippen LogP contribution >= 0.6 is 0 Å². The van der Waals surface area contributed by atoms with E-state index >= 15 is 0 Å². The number of hydrogen-bond acceptors (Lipinski definition) is 3. The summed E-state index contributed by atoms with van der Waals surface area (Å²) in [5.74, 6) is 6.89. The molecule has 2 heterocycles. The zero-order valence-corrected chi connectivity index (χ0v) is 18.5. The molecule has 166 valence electrons. The third-order valence-electron chi connectivity index (χ3n) is 6.76. The number of rotatable bonds is 4. The lowest BCUT2D eigenvalue weighted by Crippen LogP contribution is -2.74. The maximum Gasteiger partial charge on any atom is 0.318 e. The Morgan fingerprint density at radius 3 is 2.58 bits per heavy atom. The van der Waals surface area contributed by atoms with E-state index in [4.69, 9.17) is 0 Å². The molecule has 0 bridgehead atoms. The predicted molar refractivity (Wildman–Crippen MR) is 119 cm³/mol. The van der Waals surface area contributed by atoms with Crippen LogP contribution in [0.25, 0.3) is 0 Å². The van der Waals surface area contributed by atoms with Gasteiger partial charge in [-0.3, -0.25) is 4.79 Å². The standard InChI is InChI=1S/C25H33N3O3/c1-17(2)6-5-7-18-10-12-19(13-11-18)24-21-14-27(15-23(30)28(21)22(24)16-29)25(31)26-20-8-3-4-9-20/h10-13,17,20-22,24,29H,3-4,6,8-9,14-16H2,1-2H3,(H,26,31)/t21-,22+,24+/m0/s1. The number of carbonyl (C=O) groups is 2. The van der Waals surface area contributed by atoms with E-state index < -0.39 is 0 Å². The average Bonchev–Trinajstić information content (AvgIpc) is 3.23. The molecule has 3 fully saturated rings. The maximum absolute atomic E-state index is 12.8. The van der Waals surface area contributed by atoms with Crippen molar-refractivity contribution in [3.63, 3.8) is 0 Å². The number of aliphatic hydroxyl groups excluding tert-OH is 1. The van der Waals surface area contributed by atoms with E-state index in [1.54, 1.807) is 9.80 Å². The van der Waals surface area contributed by atoms with Crippen LogP contribution in [0, 0.1) is 17.8 Å². The first-order valence-corrected chi connectivity index (χ1v) is 11.5. The molecule has 1 aliphatic carbocycles. The number of fused-ring (bicyclic) bond motifs is 1. The fourth-order valence-corrected chi connectivity index (χ4v) is 5.14. The molecule has 0 unspecified atom stereocenters. The van der Waals surface area contributed by atoms with Crippen molar-refractivity contribution in [2.45, 2.75) is 70.0 Å². The van der Waals surface area contributed by atoms with Crippen molar-refractivity contribution in [2.24, 2.45) is 5.92 Å². The van der Waals surface area contributed by atoms with Crippen LogP contribution in [0.4, 0.5) is 4.79 Å². The Balaban J connectivity index is 1.45. The molecule has 6 nitrogen and oxygen atoms in total. The number of nitrogens with zero attached hydrogens (tertiary/aromatic N) is 2. The van der Waals surface area contributed by atoms with Gasteiger partial charge in [0.25, 0.3) is 0 Å². The normalized spacial score (nSPS) is 25.7. The van der Waals surface area contributed by atoms with Crippen molar-refractivity contribution in [1.82, 2.24) is 15.1 Å². The summed E-state index contributed by atoms with van der Waals surface area (Å²) in [6.07, 6.45) is 5.21. The molecule has 0 spiro atoms. The molecule has 1 aromatic carbocycles. The quantitative estimate of drug-likeness (QED) is 0.732. The number of hydrogen-bond donors (Lipinski definition) is 2. The second-order valence-electron chi connectivity index (χ2n) is 9.48. The van der Waals surface area contributed by atoms with Gasteiger partial charge in [0, 0.05) is 30.5 Å². The molecule has 6 heteroatoms. The van der Waals surface area contributed by atoms with E-state index in [1.807, 2.05) is 24.3 Å². The Labute approximate surface area is 185 Å². The van der Waals surface area contributed by atoms with E-state index in [2.05, 4.69) is 31.0 Å². The third kappa shape index (κ3) is 4.57. The lowest BCUT2D eigenvalue weighted by atomic mass is 9.73. The molecule has 2 saturated heterocycles. The van der Waals surface area contributed by atoms with Gasteiger partial charge in [-0.05, 0) is 36.5 Å². The number of piperazine rings is 1. The SMILES string of the molecule is CC(C)CC#Cc1ccc([C@H]2[C@@H](CO)N3C(=O)CN(C(=O)NC4CCCC4)C[C@@H]23)cc1. The number of nitrogens with one attached hydrogen (secondary N) is 1. The first-order valence-electron chi connectivity index (χ1n) is 11.5. The van der Waals surface area contributed by atoms with Crippen molar-refractivity contribution in [1.29, 1.82) is 0 Å². The van der Waals surface area contributed by atoms with Crippen LogP contribution < -0.4 is 5.32 Å². The Morgan fingerprint density at radius 1 is 1.23 bits per heavy atom. The Morgan fingerprint density at radius 2 is 1.94 bits per heavy atom. The molecule has 0 radical (unpaired) electrons. The molecular weight excluding hydrogens is 390 g/mol. The first kappa shape index (κ1) is 21.7. The number of amides is 3. The summed E-state index contributed by atoms with van der Waals surface area (Å²) < 4.78 is 0. The number of aliphatic hydroxyl groups is 1. The summed E-state index contributed by atoms with van der Waals surface area (Å²) in [4.78, 5) is 28.9. The summed E-state index contributed by atoms with van der Waals surface area (Å²) in [5, 5.41) is 13.0. The van der Waals surface area contributed by atoms with Crippen LogP contribution in [0.1, 0.15) is 63.0 Å². The summed E-state index contributed by atoms with van der Waals surface area (Å²) in [6.45, 7) is 4.82. The first-order chi connectivity index (χ1) is 15.0. The molecule has 1 aromatic rings. The maximum atomic E-state index is 12.8. The smallest absolute Gasteiger partial charge is 0.318 e.